The Kier molecular flexibility index (Phi) is 4.31. The zero-order valence-corrected chi connectivity index (χ0v) is 17.8. The van der Waals surface area contributed by atoms with Crippen molar-refractivity contribution < 1.29 is 12.8 Å². The fourth-order valence-electron chi connectivity index (χ4n) is 4.63. The van der Waals surface area contributed by atoms with Gasteiger partial charge in [-0.05, 0) is 80.3 Å². The van der Waals surface area contributed by atoms with Gasteiger partial charge >= 0.3 is 0 Å². The van der Waals surface area contributed by atoms with Gasteiger partial charge in [-0.25, -0.2) is 12.8 Å². The van der Waals surface area contributed by atoms with Gasteiger partial charge in [-0.15, -0.1) is 0 Å². The molecule has 7 heteroatoms. The molecule has 0 aliphatic carbocycles. The van der Waals surface area contributed by atoms with E-state index < -0.39 is 15.6 Å². The number of aromatic nitrogens is 1. The maximum atomic E-state index is 13.9. The molecule has 0 bridgehead atoms. The summed E-state index contributed by atoms with van der Waals surface area (Å²) in [6.07, 6.45) is 3.20. The van der Waals surface area contributed by atoms with Crippen molar-refractivity contribution in [1.29, 1.82) is 0 Å². The molecule has 30 heavy (non-hydrogen) atoms. The smallest absolute Gasteiger partial charge is 0.243 e. The highest BCUT2D eigenvalue weighted by Crippen LogP contribution is 2.44. The summed E-state index contributed by atoms with van der Waals surface area (Å²) < 4.78 is 44.0. The molecular formula is C23H24FN3O2S. The fourth-order valence-corrected chi connectivity index (χ4v) is 6.16. The average Bonchev–Trinajstić information content (AvgIpc) is 3.21. The van der Waals surface area contributed by atoms with Crippen LogP contribution in [-0.2, 0) is 15.6 Å². The first kappa shape index (κ1) is 19.3. The minimum atomic E-state index is -3.55. The van der Waals surface area contributed by atoms with E-state index in [9.17, 15) is 12.8 Å². The Balaban J connectivity index is 1.45. The summed E-state index contributed by atoms with van der Waals surface area (Å²) in [5, 5.41) is 3.54. The standard InChI is InChI=1S/C23H24FN3O2S/c1-16-5-7-19(14-17(16)2)30(28,29)26-12-9-23(10-13-26)22-4-3-11-27(22)21-8-6-18(24)15-20(21)25-23/h3-8,11,14-15,25H,9-10,12-13H2,1-2H3. The molecule has 2 aromatic carbocycles. The summed E-state index contributed by atoms with van der Waals surface area (Å²) in [6.45, 7) is 4.70. The maximum Gasteiger partial charge on any atom is 0.243 e. The minimum absolute atomic E-state index is 0.290. The number of sulfonamides is 1. The molecule has 5 rings (SSSR count). The molecular weight excluding hydrogens is 401 g/mol. The molecule has 0 saturated carbocycles. The molecule has 0 unspecified atom stereocenters. The predicted octanol–water partition coefficient (Wildman–Crippen LogP) is 4.34. The second-order valence-electron chi connectivity index (χ2n) is 8.28. The summed E-state index contributed by atoms with van der Waals surface area (Å²) >= 11 is 0. The van der Waals surface area contributed by atoms with Crippen LogP contribution in [0.4, 0.5) is 10.1 Å². The summed E-state index contributed by atoms with van der Waals surface area (Å²) in [5.41, 5.74) is 4.36. The van der Waals surface area contributed by atoms with E-state index >= 15 is 0 Å². The third kappa shape index (κ3) is 2.87. The number of hydrogen-bond donors (Lipinski definition) is 1. The zero-order chi connectivity index (χ0) is 21.1. The highest BCUT2D eigenvalue weighted by molar-refractivity contribution is 7.89. The van der Waals surface area contributed by atoms with Crippen LogP contribution in [0.5, 0.6) is 0 Å². The normalized spacial score (nSPS) is 18.0. The van der Waals surface area contributed by atoms with Gasteiger partial charge < -0.3 is 9.88 Å². The van der Waals surface area contributed by atoms with E-state index in [4.69, 9.17) is 0 Å². The molecule has 2 aliphatic rings. The van der Waals surface area contributed by atoms with Crippen LogP contribution in [0.3, 0.4) is 0 Å². The van der Waals surface area contributed by atoms with E-state index in [1.54, 1.807) is 22.5 Å². The molecule has 0 atom stereocenters. The van der Waals surface area contributed by atoms with Crippen LogP contribution in [0.25, 0.3) is 5.69 Å². The van der Waals surface area contributed by atoms with Gasteiger partial charge in [-0.1, -0.05) is 6.07 Å². The number of nitrogens with zero attached hydrogens (tertiary/aromatic N) is 2. The van der Waals surface area contributed by atoms with Crippen molar-refractivity contribution in [3.05, 3.63) is 77.4 Å². The molecule has 1 fully saturated rings. The van der Waals surface area contributed by atoms with E-state index in [0.717, 1.165) is 28.2 Å². The Morgan fingerprint density at radius 3 is 2.50 bits per heavy atom. The monoisotopic (exact) mass is 425 g/mol. The molecule has 2 aliphatic heterocycles. The number of aryl methyl sites for hydroxylation is 2. The van der Waals surface area contributed by atoms with Crippen molar-refractivity contribution in [3.63, 3.8) is 0 Å². The molecule has 1 spiro atoms. The Labute approximate surface area is 176 Å². The van der Waals surface area contributed by atoms with Gasteiger partial charge in [0.25, 0.3) is 0 Å². The summed E-state index contributed by atoms with van der Waals surface area (Å²) in [7, 11) is -3.55. The molecule has 156 valence electrons. The number of halogens is 1. The van der Waals surface area contributed by atoms with Gasteiger partial charge in [0.05, 0.1) is 21.8 Å². The molecule has 1 aromatic heterocycles. The van der Waals surface area contributed by atoms with E-state index in [2.05, 4.69) is 16.0 Å². The quantitative estimate of drug-likeness (QED) is 0.665. The SMILES string of the molecule is Cc1ccc(S(=O)(=O)N2CCC3(CC2)Nc2cc(F)ccc2-n2cccc23)cc1C. The Morgan fingerprint density at radius 2 is 1.77 bits per heavy atom. The lowest BCUT2D eigenvalue weighted by molar-refractivity contribution is 0.247. The van der Waals surface area contributed by atoms with Crippen molar-refractivity contribution >= 4 is 15.7 Å². The Hall–Kier alpha value is -2.64. The number of nitrogens with one attached hydrogen (secondary N) is 1. The lowest BCUT2D eigenvalue weighted by Crippen LogP contribution is -2.51. The van der Waals surface area contributed by atoms with E-state index in [1.807, 2.05) is 32.2 Å². The van der Waals surface area contributed by atoms with Crippen LogP contribution in [-0.4, -0.2) is 30.4 Å². The molecule has 3 aromatic rings. The number of piperidine rings is 1. The van der Waals surface area contributed by atoms with Crippen molar-refractivity contribution in [2.24, 2.45) is 0 Å². The first-order valence-corrected chi connectivity index (χ1v) is 11.6. The van der Waals surface area contributed by atoms with Crippen molar-refractivity contribution in [1.82, 2.24) is 8.87 Å². The van der Waals surface area contributed by atoms with Crippen LogP contribution < -0.4 is 5.32 Å². The topological polar surface area (TPSA) is 54.3 Å². The van der Waals surface area contributed by atoms with Crippen molar-refractivity contribution in [2.75, 3.05) is 18.4 Å². The molecule has 0 radical (unpaired) electrons. The van der Waals surface area contributed by atoms with Gasteiger partial charge in [0.2, 0.25) is 10.0 Å². The van der Waals surface area contributed by atoms with Crippen LogP contribution in [0, 0.1) is 19.7 Å². The first-order valence-electron chi connectivity index (χ1n) is 10.1. The highest BCUT2D eigenvalue weighted by atomic mass is 32.2. The molecule has 1 saturated heterocycles. The number of rotatable bonds is 2. The van der Waals surface area contributed by atoms with Gasteiger partial charge in [-0.2, -0.15) is 4.31 Å². The number of benzene rings is 2. The van der Waals surface area contributed by atoms with E-state index in [-0.39, 0.29) is 5.82 Å². The highest BCUT2D eigenvalue weighted by Gasteiger charge is 2.43. The summed E-state index contributed by atoms with van der Waals surface area (Å²) in [4.78, 5) is 0.342. The number of hydrogen-bond acceptors (Lipinski definition) is 3. The zero-order valence-electron chi connectivity index (χ0n) is 17.0. The molecule has 1 N–H and O–H groups in total. The maximum absolute atomic E-state index is 13.9. The lowest BCUT2D eigenvalue weighted by Gasteiger charge is -2.45. The predicted molar refractivity (Wildman–Crippen MR) is 115 cm³/mol. The largest absolute Gasteiger partial charge is 0.372 e. The third-order valence-corrected chi connectivity index (χ3v) is 8.42. The van der Waals surface area contributed by atoms with Gasteiger partial charge in [-0.3, -0.25) is 0 Å². The number of fused-ring (bicyclic) bond motifs is 4. The second-order valence-corrected chi connectivity index (χ2v) is 10.2. The van der Waals surface area contributed by atoms with Crippen LogP contribution in [0.1, 0.15) is 29.7 Å². The van der Waals surface area contributed by atoms with E-state index in [1.165, 1.54) is 12.1 Å². The first-order chi connectivity index (χ1) is 14.3. The summed E-state index contributed by atoms with van der Waals surface area (Å²) in [6, 6.07) is 14.1. The van der Waals surface area contributed by atoms with Gasteiger partial charge in [0.1, 0.15) is 5.82 Å². The Morgan fingerprint density at radius 1 is 1.00 bits per heavy atom. The van der Waals surface area contributed by atoms with Gasteiger partial charge in [0.15, 0.2) is 0 Å². The number of anilines is 1. The molecule has 3 heterocycles. The fraction of sp³-hybridized carbons (Fsp3) is 0.304. The lowest BCUT2D eigenvalue weighted by atomic mass is 9.83. The third-order valence-electron chi connectivity index (χ3n) is 6.52. The second kappa shape index (κ2) is 6.68. The van der Waals surface area contributed by atoms with Gasteiger partial charge in [0, 0.05) is 25.0 Å². The average molecular weight is 426 g/mol. The van der Waals surface area contributed by atoms with Crippen LogP contribution >= 0.6 is 0 Å². The minimum Gasteiger partial charge on any atom is -0.372 e. The summed E-state index contributed by atoms with van der Waals surface area (Å²) in [5.74, 6) is -0.290. The Bertz CT molecular complexity index is 1240. The molecule has 5 nitrogen and oxygen atoms in total. The van der Waals surface area contributed by atoms with E-state index in [0.29, 0.717) is 30.8 Å². The molecule has 0 amide bonds. The van der Waals surface area contributed by atoms with Crippen molar-refractivity contribution in [2.45, 2.75) is 37.1 Å². The van der Waals surface area contributed by atoms with Crippen LogP contribution in [0.2, 0.25) is 0 Å². The van der Waals surface area contributed by atoms with Crippen molar-refractivity contribution in [3.8, 4) is 5.69 Å². The van der Waals surface area contributed by atoms with Crippen LogP contribution in [0.15, 0.2) is 59.6 Å².